The molecule has 2 aliphatic heterocycles. The van der Waals surface area contributed by atoms with Gasteiger partial charge in [0, 0.05) is 36.5 Å². The van der Waals surface area contributed by atoms with Crippen molar-refractivity contribution >= 4 is 29.4 Å². The van der Waals surface area contributed by atoms with E-state index in [4.69, 9.17) is 4.74 Å². The van der Waals surface area contributed by atoms with E-state index < -0.39 is 16.9 Å². The monoisotopic (exact) mass is 422 g/mol. The van der Waals surface area contributed by atoms with Gasteiger partial charge in [0.05, 0.1) is 24.7 Å². The van der Waals surface area contributed by atoms with E-state index in [9.17, 15) is 19.7 Å². The Balaban J connectivity index is 1.65. The molecular formula is C22H22N4O5. The summed E-state index contributed by atoms with van der Waals surface area (Å²) >= 11 is 0. The number of morpholine rings is 1. The third-order valence-corrected chi connectivity index (χ3v) is 5.26. The molecule has 0 spiro atoms. The number of hydrogen-bond acceptors (Lipinski definition) is 6. The normalized spacial score (nSPS) is 17.9. The van der Waals surface area contributed by atoms with Crippen molar-refractivity contribution in [1.82, 2.24) is 10.2 Å². The maximum Gasteiger partial charge on any atom is 0.329 e. The van der Waals surface area contributed by atoms with E-state index in [-0.39, 0.29) is 17.9 Å². The topological polar surface area (TPSA) is 105 Å². The number of urea groups is 1. The number of non-ortho nitro benzene ring substituents is 1. The number of nitrogens with one attached hydrogen (secondary N) is 1. The molecule has 0 bridgehead atoms. The number of anilines is 1. The van der Waals surface area contributed by atoms with Crippen LogP contribution >= 0.6 is 0 Å². The number of hydrogen-bond donors (Lipinski definition) is 1. The highest BCUT2D eigenvalue weighted by molar-refractivity contribution is 6.14. The predicted octanol–water partition coefficient (Wildman–Crippen LogP) is 2.83. The fourth-order valence-corrected chi connectivity index (χ4v) is 3.73. The molecule has 2 heterocycles. The van der Waals surface area contributed by atoms with Gasteiger partial charge in [-0.2, -0.15) is 0 Å². The number of carbonyl (C=O) groups excluding carboxylic acids is 2. The van der Waals surface area contributed by atoms with Crippen LogP contribution in [0.15, 0.2) is 48.2 Å². The van der Waals surface area contributed by atoms with Crippen LogP contribution in [0.2, 0.25) is 0 Å². The van der Waals surface area contributed by atoms with E-state index in [1.54, 1.807) is 6.07 Å². The van der Waals surface area contributed by atoms with Crippen molar-refractivity contribution in [3.63, 3.8) is 0 Å². The molecule has 0 saturated carbocycles. The molecule has 0 aliphatic carbocycles. The Bertz CT molecular complexity index is 1080. The summed E-state index contributed by atoms with van der Waals surface area (Å²) in [6.07, 6.45) is 1.51. The van der Waals surface area contributed by atoms with Crippen molar-refractivity contribution in [3.05, 3.63) is 75.0 Å². The Labute approximate surface area is 179 Å². The standard InChI is InChI=1S/C22H22N4O5/c1-15-3-2-4-16(11-15)14-25-21(27)19(23-22(25)28)13-17-12-18(26(29)30)5-6-20(17)24-7-9-31-10-8-24/h2-6,11-13H,7-10,14H2,1H3,(H,23,28)/b19-13-. The number of nitro groups is 1. The molecule has 9 nitrogen and oxygen atoms in total. The minimum Gasteiger partial charge on any atom is -0.378 e. The summed E-state index contributed by atoms with van der Waals surface area (Å²) in [7, 11) is 0. The highest BCUT2D eigenvalue weighted by Gasteiger charge is 2.34. The van der Waals surface area contributed by atoms with Crippen LogP contribution in [0.25, 0.3) is 6.08 Å². The zero-order valence-corrected chi connectivity index (χ0v) is 17.0. The lowest BCUT2D eigenvalue weighted by Gasteiger charge is -2.30. The van der Waals surface area contributed by atoms with Gasteiger partial charge in [-0.3, -0.25) is 19.8 Å². The van der Waals surface area contributed by atoms with Gasteiger partial charge in [0.1, 0.15) is 5.70 Å². The zero-order valence-electron chi connectivity index (χ0n) is 17.0. The first kappa shape index (κ1) is 20.5. The summed E-state index contributed by atoms with van der Waals surface area (Å²) in [6, 6.07) is 11.6. The lowest BCUT2D eigenvalue weighted by Crippen LogP contribution is -2.36. The van der Waals surface area contributed by atoms with Gasteiger partial charge in [-0.25, -0.2) is 4.79 Å². The first-order valence-corrected chi connectivity index (χ1v) is 9.93. The maximum atomic E-state index is 12.9. The van der Waals surface area contributed by atoms with Crippen LogP contribution < -0.4 is 10.2 Å². The molecule has 0 atom stereocenters. The number of aryl methyl sites for hydroxylation is 1. The number of carbonyl (C=O) groups is 2. The summed E-state index contributed by atoms with van der Waals surface area (Å²) in [6.45, 7) is 4.45. The van der Waals surface area contributed by atoms with Gasteiger partial charge in [0.2, 0.25) is 0 Å². The second-order valence-electron chi connectivity index (χ2n) is 7.47. The summed E-state index contributed by atoms with van der Waals surface area (Å²) in [4.78, 5) is 39.4. The number of benzene rings is 2. The van der Waals surface area contributed by atoms with Crippen molar-refractivity contribution in [2.24, 2.45) is 0 Å². The van der Waals surface area contributed by atoms with Gasteiger partial charge in [-0.1, -0.05) is 29.8 Å². The van der Waals surface area contributed by atoms with Crippen molar-refractivity contribution in [3.8, 4) is 0 Å². The van der Waals surface area contributed by atoms with Crippen molar-refractivity contribution in [2.45, 2.75) is 13.5 Å². The molecule has 3 amide bonds. The van der Waals surface area contributed by atoms with E-state index in [1.165, 1.54) is 18.2 Å². The number of rotatable bonds is 5. The molecule has 2 aliphatic rings. The van der Waals surface area contributed by atoms with E-state index in [1.807, 2.05) is 36.1 Å². The molecule has 2 aromatic rings. The molecule has 0 aromatic heterocycles. The van der Waals surface area contributed by atoms with Gasteiger partial charge < -0.3 is 15.0 Å². The van der Waals surface area contributed by atoms with Crippen LogP contribution in [-0.2, 0) is 16.1 Å². The maximum absolute atomic E-state index is 12.9. The molecule has 2 fully saturated rings. The number of nitrogens with zero attached hydrogens (tertiary/aromatic N) is 3. The van der Waals surface area contributed by atoms with E-state index in [0.29, 0.717) is 31.9 Å². The van der Waals surface area contributed by atoms with Gasteiger partial charge in [0.25, 0.3) is 11.6 Å². The summed E-state index contributed by atoms with van der Waals surface area (Å²) in [5.74, 6) is -0.467. The first-order chi connectivity index (χ1) is 14.9. The summed E-state index contributed by atoms with van der Waals surface area (Å²) < 4.78 is 5.38. The molecule has 1 N–H and O–H groups in total. The third kappa shape index (κ3) is 4.41. The van der Waals surface area contributed by atoms with Crippen LogP contribution in [0, 0.1) is 17.0 Å². The Morgan fingerprint density at radius 1 is 1.16 bits per heavy atom. The molecule has 2 saturated heterocycles. The predicted molar refractivity (Wildman–Crippen MR) is 114 cm³/mol. The Hall–Kier alpha value is -3.72. The van der Waals surface area contributed by atoms with Crippen LogP contribution in [0.5, 0.6) is 0 Å². The molecule has 160 valence electrons. The number of amides is 3. The summed E-state index contributed by atoms with van der Waals surface area (Å²) in [5.41, 5.74) is 3.13. The molecule has 0 radical (unpaired) electrons. The molecule has 2 aromatic carbocycles. The Kier molecular flexibility index (Phi) is 5.68. The van der Waals surface area contributed by atoms with E-state index in [0.717, 1.165) is 21.7 Å². The molecule has 9 heteroatoms. The lowest BCUT2D eigenvalue weighted by molar-refractivity contribution is -0.384. The number of ether oxygens (including phenoxy) is 1. The second kappa shape index (κ2) is 8.57. The fraction of sp³-hybridized carbons (Fsp3) is 0.273. The van der Waals surface area contributed by atoms with Crippen LogP contribution in [-0.4, -0.2) is 48.1 Å². The van der Waals surface area contributed by atoms with Gasteiger partial charge in [-0.05, 0) is 24.6 Å². The lowest BCUT2D eigenvalue weighted by atomic mass is 10.1. The molecule has 0 unspecified atom stereocenters. The van der Waals surface area contributed by atoms with E-state index >= 15 is 0 Å². The third-order valence-electron chi connectivity index (χ3n) is 5.26. The largest absolute Gasteiger partial charge is 0.378 e. The number of nitro benzene ring substituents is 1. The smallest absolute Gasteiger partial charge is 0.329 e. The fourth-order valence-electron chi connectivity index (χ4n) is 3.73. The first-order valence-electron chi connectivity index (χ1n) is 9.93. The average molecular weight is 422 g/mol. The van der Waals surface area contributed by atoms with Crippen LogP contribution in [0.3, 0.4) is 0 Å². The SMILES string of the molecule is Cc1cccc(CN2C(=O)N/C(=C\c3cc([N+](=O)[O-])ccc3N3CCOCC3)C2=O)c1. The van der Waals surface area contributed by atoms with Gasteiger partial charge in [-0.15, -0.1) is 0 Å². The average Bonchev–Trinajstić information content (AvgIpc) is 3.01. The highest BCUT2D eigenvalue weighted by Crippen LogP contribution is 2.29. The molecule has 4 rings (SSSR count). The highest BCUT2D eigenvalue weighted by atomic mass is 16.6. The van der Waals surface area contributed by atoms with Gasteiger partial charge in [0.15, 0.2) is 0 Å². The zero-order chi connectivity index (χ0) is 22.0. The van der Waals surface area contributed by atoms with E-state index in [2.05, 4.69) is 5.32 Å². The minimum atomic E-state index is -0.517. The second-order valence-corrected chi connectivity index (χ2v) is 7.47. The van der Waals surface area contributed by atoms with Crippen molar-refractivity contribution in [1.29, 1.82) is 0 Å². The molecule has 31 heavy (non-hydrogen) atoms. The van der Waals surface area contributed by atoms with Crippen molar-refractivity contribution < 1.29 is 19.2 Å². The van der Waals surface area contributed by atoms with Crippen LogP contribution in [0.1, 0.15) is 16.7 Å². The van der Waals surface area contributed by atoms with Gasteiger partial charge >= 0.3 is 6.03 Å². The Morgan fingerprint density at radius 2 is 1.94 bits per heavy atom. The Morgan fingerprint density at radius 3 is 2.65 bits per heavy atom. The van der Waals surface area contributed by atoms with Crippen molar-refractivity contribution in [2.75, 3.05) is 31.2 Å². The summed E-state index contributed by atoms with van der Waals surface area (Å²) in [5, 5.41) is 13.9. The molecular weight excluding hydrogens is 400 g/mol. The number of imide groups is 1. The quantitative estimate of drug-likeness (QED) is 0.344. The minimum absolute atomic E-state index is 0.0859. The van der Waals surface area contributed by atoms with Crippen LogP contribution in [0.4, 0.5) is 16.2 Å².